The van der Waals surface area contributed by atoms with E-state index in [9.17, 15) is 9.59 Å². The van der Waals surface area contributed by atoms with E-state index in [0.29, 0.717) is 40.0 Å². The normalized spacial score (nSPS) is 10.4. The molecule has 0 bridgehead atoms. The van der Waals surface area contributed by atoms with Crippen molar-refractivity contribution in [3.8, 4) is 23.0 Å². The van der Waals surface area contributed by atoms with Crippen molar-refractivity contribution in [3.05, 3.63) is 72.6 Å². The Balaban J connectivity index is 1.39. The molecule has 10 nitrogen and oxygen atoms in total. The summed E-state index contributed by atoms with van der Waals surface area (Å²) in [6.07, 6.45) is 3.25. The number of nitrogens with one attached hydrogen (secondary N) is 3. The maximum Gasteiger partial charge on any atom is 0.328 e. The molecule has 35 heavy (non-hydrogen) atoms. The van der Waals surface area contributed by atoms with Gasteiger partial charge in [0.1, 0.15) is 17.3 Å². The number of nitrogens with zero attached hydrogens (tertiary/aromatic N) is 2. The predicted octanol–water partition coefficient (Wildman–Crippen LogP) is 5.10. The quantitative estimate of drug-likeness (QED) is 0.356. The van der Waals surface area contributed by atoms with E-state index in [0.717, 1.165) is 10.9 Å². The summed E-state index contributed by atoms with van der Waals surface area (Å²) < 4.78 is 16.7. The zero-order chi connectivity index (χ0) is 24.8. The summed E-state index contributed by atoms with van der Waals surface area (Å²) in [6.45, 7) is 1.88. The van der Waals surface area contributed by atoms with Gasteiger partial charge in [-0.3, -0.25) is 15.6 Å². The Morgan fingerprint density at radius 1 is 0.800 bits per heavy atom. The van der Waals surface area contributed by atoms with Gasteiger partial charge in [-0.2, -0.15) is 0 Å². The molecule has 0 aliphatic rings. The number of rotatable bonds is 6. The highest BCUT2D eigenvalue weighted by Crippen LogP contribution is 2.36. The Morgan fingerprint density at radius 3 is 2.20 bits per heavy atom. The highest BCUT2D eigenvalue weighted by Gasteiger charge is 2.12. The third-order valence-electron chi connectivity index (χ3n) is 4.93. The van der Waals surface area contributed by atoms with Crippen molar-refractivity contribution in [2.75, 3.05) is 24.9 Å². The number of aryl methyl sites for hydroxylation is 1. The standard InChI is InChI=1S/C25H23N5O5/c1-15-4-9-23(27-14-15)29-25(32)30-24(31)28-16-5-7-17(8-6-16)35-20-10-11-26-19-13-22(34-3)21(33-2)12-18(19)20/h4-14H,1-3H3,(H3,27,28,29,30,31,32). The zero-order valence-electron chi connectivity index (χ0n) is 19.3. The van der Waals surface area contributed by atoms with Gasteiger partial charge in [-0.05, 0) is 55.0 Å². The number of fused-ring (bicyclic) bond motifs is 1. The van der Waals surface area contributed by atoms with Crippen LogP contribution in [0.4, 0.5) is 21.1 Å². The van der Waals surface area contributed by atoms with Gasteiger partial charge in [0.25, 0.3) is 0 Å². The molecular formula is C25H23N5O5. The molecule has 2 aromatic heterocycles. The van der Waals surface area contributed by atoms with Crippen molar-refractivity contribution in [1.29, 1.82) is 0 Å². The maximum absolute atomic E-state index is 12.1. The van der Waals surface area contributed by atoms with Gasteiger partial charge in [0.15, 0.2) is 11.5 Å². The van der Waals surface area contributed by atoms with E-state index in [1.165, 1.54) is 0 Å². The first-order valence-electron chi connectivity index (χ1n) is 10.6. The van der Waals surface area contributed by atoms with E-state index in [4.69, 9.17) is 14.2 Å². The van der Waals surface area contributed by atoms with E-state index < -0.39 is 12.1 Å². The fraction of sp³-hybridized carbons (Fsp3) is 0.120. The zero-order valence-corrected chi connectivity index (χ0v) is 19.3. The van der Waals surface area contributed by atoms with Crippen molar-refractivity contribution >= 4 is 34.5 Å². The topological polar surface area (TPSA) is 124 Å². The monoisotopic (exact) mass is 473 g/mol. The average molecular weight is 473 g/mol. The second-order valence-corrected chi connectivity index (χ2v) is 7.41. The number of methoxy groups -OCH3 is 2. The number of aromatic nitrogens is 2. The molecule has 0 atom stereocenters. The third kappa shape index (κ3) is 5.74. The molecule has 2 aromatic carbocycles. The molecular weight excluding hydrogens is 450 g/mol. The minimum absolute atomic E-state index is 0.335. The first-order valence-corrected chi connectivity index (χ1v) is 10.6. The van der Waals surface area contributed by atoms with Gasteiger partial charge in [0, 0.05) is 29.5 Å². The Bertz CT molecular complexity index is 1360. The first-order chi connectivity index (χ1) is 16.9. The van der Waals surface area contributed by atoms with Gasteiger partial charge in [-0.15, -0.1) is 0 Å². The Morgan fingerprint density at radius 2 is 1.51 bits per heavy atom. The lowest BCUT2D eigenvalue weighted by molar-refractivity contribution is 0.240. The summed E-state index contributed by atoms with van der Waals surface area (Å²) in [4.78, 5) is 32.5. The maximum atomic E-state index is 12.1. The smallest absolute Gasteiger partial charge is 0.328 e. The highest BCUT2D eigenvalue weighted by molar-refractivity contribution is 6.04. The molecule has 2 heterocycles. The number of benzene rings is 2. The minimum Gasteiger partial charge on any atom is -0.493 e. The minimum atomic E-state index is -0.699. The number of ether oxygens (including phenoxy) is 3. The first kappa shape index (κ1) is 23.3. The molecule has 4 rings (SSSR count). The fourth-order valence-corrected chi connectivity index (χ4v) is 3.22. The SMILES string of the molecule is COc1cc2nccc(Oc3ccc(NC(=O)NC(=O)Nc4ccc(C)cn4)cc3)c2cc1OC. The number of anilines is 2. The molecule has 3 N–H and O–H groups in total. The third-order valence-corrected chi connectivity index (χ3v) is 4.93. The van der Waals surface area contributed by atoms with Crippen LogP contribution in [0.3, 0.4) is 0 Å². The van der Waals surface area contributed by atoms with E-state index >= 15 is 0 Å². The molecule has 4 amide bonds. The van der Waals surface area contributed by atoms with Gasteiger partial charge < -0.3 is 19.5 Å². The van der Waals surface area contributed by atoms with Crippen LogP contribution in [0.15, 0.2) is 67.0 Å². The van der Waals surface area contributed by atoms with Crippen molar-refractivity contribution in [3.63, 3.8) is 0 Å². The van der Waals surface area contributed by atoms with Crippen LogP contribution in [0.5, 0.6) is 23.0 Å². The number of carbonyl (C=O) groups is 2. The summed E-state index contributed by atoms with van der Waals surface area (Å²) in [5.41, 5.74) is 2.12. The number of carbonyl (C=O) groups excluding carboxylic acids is 2. The molecule has 0 unspecified atom stereocenters. The summed E-state index contributed by atoms with van der Waals surface area (Å²) in [5, 5.41) is 8.01. The molecule has 0 saturated heterocycles. The number of amides is 4. The molecule has 4 aromatic rings. The summed E-state index contributed by atoms with van der Waals surface area (Å²) >= 11 is 0. The molecule has 0 fully saturated rings. The van der Waals surface area contributed by atoms with Gasteiger partial charge >= 0.3 is 12.1 Å². The summed E-state index contributed by atoms with van der Waals surface area (Å²) in [6, 6.07) is 14.1. The van der Waals surface area contributed by atoms with Gasteiger partial charge in [0.2, 0.25) is 0 Å². The molecule has 0 radical (unpaired) electrons. The van der Waals surface area contributed by atoms with Crippen molar-refractivity contribution < 1.29 is 23.8 Å². The number of hydrogen-bond acceptors (Lipinski definition) is 7. The number of hydrogen-bond donors (Lipinski definition) is 3. The molecule has 10 heteroatoms. The predicted molar refractivity (Wildman–Crippen MR) is 132 cm³/mol. The molecule has 0 saturated carbocycles. The highest BCUT2D eigenvalue weighted by atomic mass is 16.5. The average Bonchev–Trinajstić information content (AvgIpc) is 2.85. The van der Waals surface area contributed by atoms with Crippen LogP contribution in [0.25, 0.3) is 10.9 Å². The largest absolute Gasteiger partial charge is 0.493 e. The molecule has 0 aliphatic carbocycles. The number of imide groups is 1. The fourth-order valence-electron chi connectivity index (χ4n) is 3.22. The Hall–Kier alpha value is -4.86. The summed E-state index contributed by atoms with van der Waals surface area (Å²) in [7, 11) is 3.12. The Labute approximate surface area is 201 Å². The van der Waals surface area contributed by atoms with Gasteiger partial charge in [-0.1, -0.05) is 6.07 Å². The van der Waals surface area contributed by atoms with Crippen LogP contribution < -0.4 is 30.2 Å². The summed E-state index contributed by atoms with van der Waals surface area (Å²) in [5.74, 6) is 2.59. The second kappa shape index (κ2) is 10.4. The van der Waals surface area contributed by atoms with Crippen LogP contribution in [0.2, 0.25) is 0 Å². The Kier molecular flexibility index (Phi) is 6.91. The molecule has 0 aliphatic heterocycles. The van der Waals surface area contributed by atoms with Crippen LogP contribution in [0, 0.1) is 6.92 Å². The van der Waals surface area contributed by atoms with E-state index in [1.54, 1.807) is 81.2 Å². The lowest BCUT2D eigenvalue weighted by atomic mass is 10.2. The van der Waals surface area contributed by atoms with Crippen molar-refractivity contribution in [1.82, 2.24) is 15.3 Å². The van der Waals surface area contributed by atoms with Crippen molar-refractivity contribution in [2.45, 2.75) is 6.92 Å². The lowest BCUT2D eigenvalue weighted by Crippen LogP contribution is -2.37. The van der Waals surface area contributed by atoms with E-state index in [2.05, 4.69) is 25.9 Å². The van der Waals surface area contributed by atoms with Crippen LogP contribution in [-0.2, 0) is 0 Å². The molecule has 178 valence electrons. The van der Waals surface area contributed by atoms with E-state index in [-0.39, 0.29) is 0 Å². The van der Waals surface area contributed by atoms with Crippen LogP contribution >= 0.6 is 0 Å². The number of urea groups is 2. The molecule has 0 spiro atoms. The van der Waals surface area contributed by atoms with Crippen LogP contribution in [0.1, 0.15) is 5.56 Å². The second-order valence-electron chi connectivity index (χ2n) is 7.41. The van der Waals surface area contributed by atoms with Crippen LogP contribution in [-0.4, -0.2) is 36.2 Å². The lowest BCUT2D eigenvalue weighted by Gasteiger charge is -2.13. The number of pyridine rings is 2. The van der Waals surface area contributed by atoms with E-state index in [1.807, 2.05) is 6.92 Å². The van der Waals surface area contributed by atoms with Gasteiger partial charge in [0.05, 0.1) is 19.7 Å². The van der Waals surface area contributed by atoms with Crippen molar-refractivity contribution in [2.24, 2.45) is 0 Å². The van der Waals surface area contributed by atoms with Gasteiger partial charge in [-0.25, -0.2) is 14.6 Å².